The summed E-state index contributed by atoms with van der Waals surface area (Å²) < 4.78 is 0. The lowest BCUT2D eigenvalue weighted by atomic mass is 10.1. The van der Waals surface area contributed by atoms with Crippen molar-refractivity contribution >= 4 is 17.3 Å². The number of hydrogen-bond acceptors (Lipinski definition) is 3. The predicted octanol–water partition coefficient (Wildman–Crippen LogP) is 1.47. The van der Waals surface area contributed by atoms with E-state index in [0.29, 0.717) is 12.2 Å². The molecule has 0 atom stereocenters. The summed E-state index contributed by atoms with van der Waals surface area (Å²) in [7, 11) is 0. The van der Waals surface area contributed by atoms with Gasteiger partial charge in [-0.3, -0.25) is 9.59 Å². The van der Waals surface area contributed by atoms with Gasteiger partial charge in [-0.15, -0.1) is 0 Å². The zero-order chi connectivity index (χ0) is 14.3. The van der Waals surface area contributed by atoms with Crippen LogP contribution in [0.2, 0.25) is 0 Å². The Morgan fingerprint density at radius 2 is 2.10 bits per heavy atom. The highest BCUT2D eigenvalue weighted by Crippen LogP contribution is 2.34. The maximum absolute atomic E-state index is 12.5. The number of carbonyl (C=O) groups excluding carboxylic acids is 1. The van der Waals surface area contributed by atoms with Crippen LogP contribution in [0.5, 0.6) is 0 Å². The number of hydrogen-bond donors (Lipinski definition) is 2. The summed E-state index contributed by atoms with van der Waals surface area (Å²) in [6, 6.07) is 8.89. The third kappa shape index (κ3) is 1.87. The van der Waals surface area contributed by atoms with Crippen LogP contribution in [0, 0.1) is 6.92 Å². The maximum atomic E-state index is 12.5. The van der Waals surface area contributed by atoms with Crippen LogP contribution in [0.1, 0.15) is 21.6 Å². The van der Waals surface area contributed by atoms with E-state index in [1.54, 1.807) is 30.0 Å². The van der Waals surface area contributed by atoms with Crippen LogP contribution >= 0.6 is 0 Å². The van der Waals surface area contributed by atoms with Crippen molar-refractivity contribution in [3.05, 3.63) is 57.5 Å². The summed E-state index contributed by atoms with van der Waals surface area (Å²) in [5.74, 6) is -0.303. The Bertz CT molecular complexity index is 749. The molecule has 20 heavy (non-hydrogen) atoms. The fourth-order valence-electron chi connectivity index (χ4n) is 2.58. The zero-order valence-corrected chi connectivity index (χ0v) is 11.1. The van der Waals surface area contributed by atoms with Gasteiger partial charge in [0.15, 0.2) is 0 Å². The van der Waals surface area contributed by atoms with E-state index in [1.807, 2.05) is 12.1 Å². The Hall–Kier alpha value is -2.56. The van der Waals surface area contributed by atoms with Gasteiger partial charge in [0.2, 0.25) is 0 Å². The molecule has 0 radical (unpaired) electrons. The lowest BCUT2D eigenvalue weighted by molar-refractivity contribution is 0.0988. The summed E-state index contributed by atoms with van der Waals surface area (Å²) in [5.41, 5.74) is 8.82. The van der Waals surface area contributed by atoms with E-state index in [1.165, 1.54) is 0 Å². The first-order valence-corrected chi connectivity index (χ1v) is 6.47. The fraction of sp³-hybridized carbons (Fsp3) is 0.200. The fourth-order valence-corrected chi connectivity index (χ4v) is 2.58. The number of fused-ring (bicyclic) bond motifs is 1. The summed E-state index contributed by atoms with van der Waals surface area (Å²) in [4.78, 5) is 28.7. The van der Waals surface area contributed by atoms with E-state index in [4.69, 9.17) is 5.73 Å². The topological polar surface area (TPSA) is 79.2 Å². The van der Waals surface area contributed by atoms with E-state index in [2.05, 4.69) is 4.98 Å². The highest BCUT2D eigenvalue weighted by atomic mass is 16.2. The van der Waals surface area contributed by atoms with E-state index in [-0.39, 0.29) is 17.0 Å². The number of para-hydroxylation sites is 1. The van der Waals surface area contributed by atoms with Crippen LogP contribution in [0.3, 0.4) is 0 Å². The van der Waals surface area contributed by atoms with Gasteiger partial charge in [0.1, 0.15) is 5.56 Å². The standard InChI is InChI=1S/C15H15N3O2/c1-9-5-6-11(14(19)17-9)15(20)18-8-7-10-3-2-4-12(16)13(10)18/h2-6H,7-8,16H2,1H3,(H,17,19). The number of anilines is 2. The summed E-state index contributed by atoms with van der Waals surface area (Å²) in [6.45, 7) is 2.33. The molecule has 1 aliphatic rings. The summed E-state index contributed by atoms with van der Waals surface area (Å²) >= 11 is 0. The van der Waals surface area contributed by atoms with Gasteiger partial charge in [0.05, 0.1) is 11.4 Å². The average Bonchev–Trinajstić information content (AvgIpc) is 2.83. The molecule has 1 aromatic carbocycles. The minimum atomic E-state index is -0.363. The number of amides is 1. The van der Waals surface area contributed by atoms with Crippen LogP contribution in [-0.4, -0.2) is 17.4 Å². The van der Waals surface area contributed by atoms with Crippen molar-refractivity contribution in [3.8, 4) is 0 Å². The van der Waals surface area contributed by atoms with Crippen LogP contribution < -0.4 is 16.2 Å². The number of aromatic amines is 1. The molecule has 0 unspecified atom stereocenters. The van der Waals surface area contributed by atoms with Gasteiger partial charge in [-0.2, -0.15) is 0 Å². The molecule has 102 valence electrons. The third-order valence-electron chi connectivity index (χ3n) is 3.56. The van der Waals surface area contributed by atoms with Crippen molar-refractivity contribution in [2.75, 3.05) is 17.2 Å². The molecular weight excluding hydrogens is 254 g/mol. The number of nitrogen functional groups attached to an aromatic ring is 1. The average molecular weight is 269 g/mol. The molecule has 0 fully saturated rings. The van der Waals surface area contributed by atoms with Crippen molar-refractivity contribution < 1.29 is 4.79 Å². The number of aromatic nitrogens is 1. The molecule has 0 saturated heterocycles. The van der Waals surface area contributed by atoms with Crippen LogP contribution in [0.15, 0.2) is 35.1 Å². The number of pyridine rings is 1. The Balaban J connectivity index is 2.04. The summed E-state index contributed by atoms with van der Waals surface area (Å²) in [5, 5.41) is 0. The first-order chi connectivity index (χ1) is 9.58. The number of rotatable bonds is 1. The Labute approximate surface area is 116 Å². The molecule has 1 amide bonds. The van der Waals surface area contributed by atoms with Gasteiger partial charge in [-0.05, 0) is 37.1 Å². The number of nitrogens with two attached hydrogens (primary N) is 1. The predicted molar refractivity (Wildman–Crippen MR) is 78.0 cm³/mol. The van der Waals surface area contributed by atoms with Crippen LogP contribution in [0.25, 0.3) is 0 Å². The normalized spacial score (nSPS) is 13.3. The van der Waals surface area contributed by atoms with Gasteiger partial charge >= 0.3 is 0 Å². The molecule has 3 rings (SSSR count). The number of aryl methyl sites for hydroxylation is 1. The number of benzene rings is 1. The van der Waals surface area contributed by atoms with Gasteiger partial charge < -0.3 is 15.6 Å². The maximum Gasteiger partial charge on any atom is 0.263 e. The Morgan fingerprint density at radius 3 is 2.85 bits per heavy atom. The number of H-pyrrole nitrogens is 1. The van der Waals surface area contributed by atoms with Crippen molar-refractivity contribution in [3.63, 3.8) is 0 Å². The molecule has 1 aliphatic heterocycles. The highest BCUT2D eigenvalue weighted by molar-refractivity contribution is 6.08. The minimum Gasteiger partial charge on any atom is -0.397 e. The molecule has 2 heterocycles. The smallest absolute Gasteiger partial charge is 0.263 e. The molecular formula is C15H15N3O2. The van der Waals surface area contributed by atoms with E-state index in [0.717, 1.165) is 23.4 Å². The monoisotopic (exact) mass is 269 g/mol. The third-order valence-corrected chi connectivity index (χ3v) is 3.56. The summed E-state index contributed by atoms with van der Waals surface area (Å²) in [6.07, 6.45) is 0.760. The SMILES string of the molecule is Cc1ccc(C(=O)N2CCc3cccc(N)c32)c(=O)[nH]1. The highest BCUT2D eigenvalue weighted by Gasteiger charge is 2.28. The lowest BCUT2D eigenvalue weighted by Gasteiger charge is -2.18. The van der Waals surface area contributed by atoms with E-state index in [9.17, 15) is 9.59 Å². The number of nitrogens with zero attached hydrogens (tertiary/aromatic N) is 1. The van der Waals surface area contributed by atoms with Gasteiger partial charge in [-0.25, -0.2) is 0 Å². The van der Waals surface area contributed by atoms with Gasteiger partial charge in [0, 0.05) is 12.2 Å². The molecule has 2 aromatic rings. The minimum absolute atomic E-state index is 0.145. The number of carbonyl (C=O) groups is 1. The first-order valence-electron chi connectivity index (χ1n) is 6.47. The first kappa shape index (κ1) is 12.5. The quantitative estimate of drug-likeness (QED) is 0.769. The molecule has 5 heteroatoms. The van der Waals surface area contributed by atoms with Crippen LogP contribution in [0.4, 0.5) is 11.4 Å². The van der Waals surface area contributed by atoms with E-state index < -0.39 is 0 Å². The molecule has 3 N–H and O–H groups in total. The molecule has 5 nitrogen and oxygen atoms in total. The van der Waals surface area contributed by atoms with Crippen molar-refractivity contribution in [2.45, 2.75) is 13.3 Å². The lowest BCUT2D eigenvalue weighted by Crippen LogP contribution is -2.34. The second-order valence-electron chi connectivity index (χ2n) is 4.95. The largest absolute Gasteiger partial charge is 0.397 e. The Kier molecular flexibility index (Phi) is 2.82. The molecule has 0 aliphatic carbocycles. The van der Waals surface area contributed by atoms with Crippen molar-refractivity contribution in [1.29, 1.82) is 0 Å². The number of nitrogens with one attached hydrogen (secondary N) is 1. The Morgan fingerprint density at radius 1 is 1.30 bits per heavy atom. The van der Waals surface area contributed by atoms with Crippen molar-refractivity contribution in [1.82, 2.24) is 4.98 Å². The molecule has 1 aromatic heterocycles. The van der Waals surface area contributed by atoms with Gasteiger partial charge in [-0.1, -0.05) is 12.1 Å². The van der Waals surface area contributed by atoms with Crippen molar-refractivity contribution in [2.24, 2.45) is 0 Å². The van der Waals surface area contributed by atoms with Gasteiger partial charge in [0.25, 0.3) is 11.5 Å². The second-order valence-corrected chi connectivity index (χ2v) is 4.95. The molecule has 0 spiro atoms. The van der Waals surface area contributed by atoms with E-state index >= 15 is 0 Å². The zero-order valence-electron chi connectivity index (χ0n) is 11.1. The van der Waals surface area contributed by atoms with Crippen LogP contribution in [-0.2, 0) is 6.42 Å². The molecule has 0 saturated carbocycles. The molecule has 0 bridgehead atoms. The second kappa shape index (κ2) is 4.52.